The number of methoxy groups -OCH3 is 1. The molecule has 2 N–H and O–H groups in total. The van der Waals surface area contributed by atoms with Gasteiger partial charge in [-0.15, -0.1) is 0 Å². The molecule has 0 aliphatic rings. The Morgan fingerprint density at radius 3 is 2.65 bits per heavy atom. The van der Waals surface area contributed by atoms with Crippen molar-refractivity contribution in [2.75, 3.05) is 20.3 Å². The predicted octanol–water partition coefficient (Wildman–Crippen LogP) is 3.46. The fourth-order valence-corrected chi connectivity index (χ4v) is 2.01. The normalized spacial score (nSPS) is 11.3. The van der Waals surface area contributed by atoms with Crippen LogP contribution in [0.2, 0.25) is 0 Å². The second-order valence-corrected chi connectivity index (χ2v) is 6.30. The molecule has 1 aromatic rings. The molecule has 0 radical (unpaired) electrons. The van der Waals surface area contributed by atoms with Crippen LogP contribution in [0.15, 0.2) is 18.2 Å². The van der Waals surface area contributed by atoms with Crippen LogP contribution in [0.1, 0.15) is 45.6 Å². The minimum Gasteiger partial charge on any atom is -0.493 e. The summed E-state index contributed by atoms with van der Waals surface area (Å²) in [4.78, 5) is 11.1. The van der Waals surface area contributed by atoms with Gasteiger partial charge in [0.25, 0.3) is 0 Å². The molecule has 1 rings (SSSR count). The molecule has 0 atom stereocenters. The van der Waals surface area contributed by atoms with Gasteiger partial charge < -0.3 is 19.9 Å². The van der Waals surface area contributed by atoms with Gasteiger partial charge in [-0.1, -0.05) is 19.4 Å². The van der Waals surface area contributed by atoms with Crippen molar-refractivity contribution < 1.29 is 19.4 Å². The lowest BCUT2D eigenvalue weighted by Gasteiger charge is -2.19. The molecule has 0 aliphatic heterocycles. The minimum atomic E-state index is -0.769. The molecule has 0 aliphatic carbocycles. The van der Waals surface area contributed by atoms with E-state index in [2.05, 4.69) is 12.2 Å². The lowest BCUT2D eigenvalue weighted by molar-refractivity contribution is -0.147. The molecule has 0 saturated carbocycles. The number of carbonyl (C=O) groups is 1. The highest BCUT2D eigenvalue weighted by Crippen LogP contribution is 2.28. The van der Waals surface area contributed by atoms with Crippen LogP contribution in [-0.2, 0) is 11.3 Å². The maximum absolute atomic E-state index is 11.1. The van der Waals surface area contributed by atoms with Crippen molar-refractivity contribution in [1.82, 2.24) is 5.32 Å². The smallest absolute Gasteiger partial charge is 0.309 e. The number of unbranched alkanes of at least 4 members (excludes halogenated alkanes) is 1. The van der Waals surface area contributed by atoms with Crippen LogP contribution in [0.5, 0.6) is 11.5 Å². The van der Waals surface area contributed by atoms with Gasteiger partial charge in [0.2, 0.25) is 0 Å². The average molecular weight is 323 g/mol. The Balaban J connectivity index is 2.50. The summed E-state index contributed by atoms with van der Waals surface area (Å²) in [7, 11) is 1.63. The van der Waals surface area contributed by atoms with E-state index in [1.54, 1.807) is 21.0 Å². The third-order valence-corrected chi connectivity index (χ3v) is 3.82. The third-order valence-electron chi connectivity index (χ3n) is 3.82. The molecule has 1 aromatic carbocycles. The van der Waals surface area contributed by atoms with Crippen molar-refractivity contribution >= 4 is 5.97 Å². The summed E-state index contributed by atoms with van der Waals surface area (Å²) in [5, 5.41) is 12.4. The second kappa shape index (κ2) is 9.40. The van der Waals surface area contributed by atoms with Gasteiger partial charge in [0.05, 0.1) is 19.1 Å². The molecule has 0 bridgehead atoms. The van der Waals surface area contributed by atoms with E-state index in [-0.39, 0.29) is 0 Å². The van der Waals surface area contributed by atoms with Crippen molar-refractivity contribution in [3.05, 3.63) is 23.8 Å². The van der Waals surface area contributed by atoms with Gasteiger partial charge >= 0.3 is 5.97 Å². The van der Waals surface area contributed by atoms with E-state index in [1.165, 1.54) is 0 Å². The van der Waals surface area contributed by atoms with Gasteiger partial charge in [-0.3, -0.25) is 4.79 Å². The van der Waals surface area contributed by atoms with Crippen LogP contribution in [0, 0.1) is 5.41 Å². The standard InChI is InChI=1S/C18H29NO4/c1-5-6-11-23-15-8-7-14(12-16(15)22-4)13-19-10-9-18(2,3)17(20)21/h7-8,12,19H,5-6,9-11,13H2,1-4H3,(H,20,21). The van der Waals surface area contributed by atoms with Gasteiger partial charge in [0.15, 0.2) is 11.5 Å². The molecule has 0 unspecified atom stereocenters. The molecule has 0 heterocycles. The Morgan fingerprint density at radius 1 is 1.30 bits per heavy atom. The SMILES string of the molecule is CCCCOc1ccc(CNCCC(C)(C)C(=O)O)cc1OC. The van der Waals surface area contributed by atoms with Crippen LogP contribution in [0.4, 0.5) is 0 Å². The first kappa shape index (κ1) is 19.3. The Hall–Kier alpha value is -1.75. The number of ether oxygens (including phenoxy) is 2. The highest BCUT2D eigenvalue weighted by molar-refractivity contribution is 5.73. The molecule has 0 spiro atoms. The molecule has 5 heteroatoms. The predicted molar refractivity (Wildman–Crippen MR) is 91.1 cm³/mol. The summed E-state index contributed by atoms with van der Waals surface area (Å²) >= 11 is 0. The van der Waals surface area contributed by atoms with Gasteiger partial charge in [-0.05, 0) is 50.9 Å². The van der Waals surface area contributed by atoms with E-state index in [1.807, 2.05) is 18.2 Å². The summed E-state index contributed by atoms with van der Waals surface area (Å²) in [6.07, 6.45) is 2.69. The first-order valence-corrected chi connectivity index (χ1v) is 8.14. The molecule has 0 amide bonds. The van der Waals surface area contributed by atoms with Gasteiger partial charge in [-0.25, -0.2) is 0 Å². The molecular weight excluding hydrogens is 294 g/mol. The summed E-state index contributed by atoms with van der Waals surface area (Å²) < 4.78 is 11.1. The highest BCUT2D eigenvalue weighted by Gasteiger charge is 2.26. The van der Waals surface area contributed by atoms with Gasteiger partial charge in [-0.2, -0.15) is 0 Å². The first-order valence-electron chi connectivity index (χ1n) is 8.14. The minimum absolute atomic E-state index is 0.581. The van der Waals surface area contributed by atoms with Crippen molar-refractivity contribution in [2.24, 2.45) is 5.41 Å². The van der Waals surface area contributed by atoms with Crippen LogP contribution < -0.4 is 14.8 Å². The Kier molecular flexibility index (Phi) is 7.89. The van der Waals surface area contributed by atoms with Gasteiger partial charge in [0.1, 0.15) is 0 Å². The molecular formula is C18H29NO4. The number of benzene rings is 1. The van der Waals surface area contributed by atoms with Crippen molar-refractivity contribution in [2.45, 2.75) is 46.6 Å². The Bertz CT molecular complexity index is 500. The summed E-state index contributed by atoms with van der Waals surface area (Å²) in [6, 6.07) is 5.88. The van der Waals surface area contributed by atoms with E-state index < -0.39 is 11.4 Å². The van der Waals surface area contributed by atoms with E-state index in [0.29, 0.717) is 26.1 Å². The zero-order valence-electron chi connectivity index (χ0n) is 14.6. The van der Waals surface area contributed by atoms with Crippen molar-refractivity contribution in [3.8, 4) is 11.5 Å². The summed E-state index contributed by atoms with van der Waals surface area (Å²) in [5.41, 5.74) is 0.375. The maximum atomic E-state index is 11.1. The average Bonchev–Trinajstić information content (AvgIpc) is 2.52. The number of carboxylic acid groups (broad SMARTS) is 1. The van der Waals surface area contributed by atoms with E-state index in [9.17, 15) is 4.79 Å². The van der Waals surface area contributed by atoms with Crippen LogP contribution in [-0.4, -0.2) is 31.3 Å². The molecule has 0 fully saturated rings. The fraction of sp³-hybridized carbons (Fsp3) is 0.611. The number of hydrogen-bond donors (Lipinski definition) is 2. The molecule has 0 aromatic heterocycles. The first-order chi connectivity index (χ1) is 10.9. The largest absolute Gasteiger partial charge is 0.493 e. The maximum Gasteiger partial charge on any atom is 0.309 e. The third kappa shape index (κ3) is 6.48. The Labute approximate surface area is 139 Å². The highest BCUT2D eigenvalue weighted by atomic mass is 16.5. The summed E-state index contributed by atoms with van der Waals surface area (Å²) in [6.45, 7) is 7.61. The number of nitrogens with one attached hydrogen (secondary N) is 1. The van der Waals surface area contributed by atoms with Crippen LogP contribution >= 0.6 is 0 Å². The second-order valence-electron chi connectivity index (χ2n) is 6.30. The Morgan fingerprint density at radius 2 is 2.04 bits per heavy atom. The number of hydrogen-bond acceptors (Lipinski definition) is 4. The number of aliphatic carboxylic acids is 1. The molecule has 23 heavy (non-hydrogen) atoms. The quantitative estimate of drug-likeness (QED) is 0.610. The monoisotopic (exact) mass is 323 g/mol. The number of rotatable bonds is 11. The van der Waals surface area contributed by atoms with Gasteiger partial charge in [0, 0.05) is 6.54 Å². The van der Waals surface area contributed by atoms with Crippen LogP contribution in [0.3, 0.4) is 0 Å². The zero-order chi connectivity index (χ0) is 17.3. The van der Waals surface area contributed by atoms with E-state index in [0.717, 1.165) is 29.9 Å². The molecule has 0 saturated heterocycles. The van der Waals surface area contributed by atoms with Crippen molar-refractivity contribution in [1.29, 1.82) is 0 Å². The lowest BCUT2D eigenvalue weighted by Crippen LogP contribution is -2.28. The molecule has 5 nitrogen and oxygen atoms in total. The lowest BCUT2D eigenvalue weighted by atomic mass is 9.90. The fourth-order valence-electron chi connectivity index (χ4n) is 2.01. The number of carboxylic acids is 1. The molecule has 130 valence electrons. The van der Waals surface area contributed by atoms with Crippen LogP contribution in [0.25, 0.3) is 0 Å². The van der Waals surface area contributed by atoms with Crippen molar-refractivity contribution in [3.63, 3.8) is 0 Å². The van der Waals surface area contributed by atoms with E-state index >= 15 is 0 Å². The topological polar surface area (TPSA) is 67.8 Å². The zero-order valence-corrected chi connectivity index (χ0v) is 14.6. The summed E-state index contributed by atoms with van der Waals surface area (Å²) in [5.74, 6) is 0.720. The van der Waals surface area contributed by atoms with E-state index in [4.69, 9.17) is 14.6 Å².